The molecule has 0 N–H and O–H groups in total. The van der Waals surface area contributed by atoms with E-state index in [4.69, 9.17) is 11.6 Å². The summed E-state index contributed by atoms with van der Waals surface area (Å²) < 4.78 is 0. The number of likely N-dealkylation sites (tertiary alicyclic amines) is 1. The second-order valence-electron chi connectivity index (χ2n) is 8.64. The normalized spacial score (nSPS) is 21.0. The van der Waals surface area contributed by atoms with E-state index in [2.05, 4.69) is 4.90 Å². The highest BCUT2D eigenvalue weighted by molar-refractivity contribution is 6.32. The first-order chi connectivity index (χ1) is 15.7. The molecule has 1 atom stereocenters. The Hall–Kier alpha value is -3.19. The number of amides is 3. The molecule has 8 heteroatoms. The molecule has 0 aromatic heterocycles. The number of carbonyl (C=O) groups is 4. The van der Waals surface area contributed by atoms with E-state index in [9.17, 15) is 19.2 Å². The highest BCUT2D eigenvalue weighted by atomic mass is 35.5. The first-order valence-electron chi connectivity index (χ1n) is 10.9. The number of hydrogen-bond acceptors (Lipinski definition) is 5. The van der Waals surface area contributed by atoms with E-state index in [0.717, 1.165) is 10.6 Å². The molecule has 2 saturated heterocycles. The van der Waals surface area contributed by atoms with Crippen LogP contribution in [0.2, 0.25) is 5.02 Å². The summed E-state index contributed by atoms with van der Waals surface area (Å²) in [5, 5.41) is 0.376. The minimum absolute atomic E-state index is 0.0231. The molecule has 0 spiro atoms. The number of imide groups is 1. The number of likely N-dealkylation sites (N-methyl/N-ethyl adjacent to an activating group) is 1. The molecule has 0 saturated carbocycles. The third-order valence-electron chi connectivity index (χ3n) is 6.65. The Morgan fingerprint density at radius 2 is 1.61 bits per heavy atom. The van der Waals surface area contributed by atoms with E-state index in [-0.39, 0.29) is 30.4 Å². The highest BCUT2D eigenvalue weighted by Crippen LogP contribution is 2.42. The second kappa shape index (κ2) is 8.98. The first kappa shape index (κ1) is 23.0. The maximum absolute atomic E-state index is 13.3. The average molecular weight is 468 g/mol. The molecule has 2 aliphatic rings. The van der Waals surface area contributed by atoms with Crippen LogP contribution >= 0.6 is 11.6 Å². The van der Waals surface area contributed by atoms with E-state index in [1.807, 2.05) is 24.3 Å². The molecule has 172 valence electrons. The zero-order valence-corrected chi connectivity index (χ0v) is 19.5. The Morgan fingerprint density at radius 3 is 2.15 bits per heavy atom. The number of carbonyl (C=O) groups excluding carboxylic acids is 4. The quantitative estimate of drug-likeness (QED) is 0.499. The SMILES string of the molecule is CC(=O)c1ccc(N2CCN(C(=O)CC3(c4ccccc4Cl)CC(=O)N(C)C3=O)CC2)cc1. The first-order valence-corrected chi connectivity index (χ1v) is 11.3. The molecule has 4 rings (SSSR count). The van der Waals surface area contributed by atoms with Crippen LogP contribution in [0.25, 0.3) is 0 Å². The van der Waals surface area contributed by atoms with Gasteiger partial charge in [0.1, 0.15) is 0 Å². The minimum Gasteiger partial charge on any atom is -0.368 e. The molecule has 3 amide bonds. The van der Waals surface area contributed by atoms with Gasteiger partial charge in [-0.05, 0) is 42.8 Å². The van der Waals surface area contributed by atoms with E-state index < -0.39 is 11.3 Å². The summed E-state index contributed by atoms with van der Waals surface area (Å²) in [6, 6.07) is 14.4. The number of Topliss-reactive ketones (excluding diaryl/α,β-unsaturated/α-hetero) is 1. The number of piperazine rings is 1. The molecule has 2 aromatic rings. The maximum atomic E-state index is 13.3. The number of hydrogen-bond donors (Lipinski definition) is 0. The van der Waals surface area contributed by atoms with Crippen molar-refractivity contribution >= 4 is 40.8 Å². The molecule has 2 aromatic carbocycles. The molecule has 2 heterocycles. The summed E-state index contributed by atoms with van der Waals surface area (Å²) in [4.78, 5) is 55.4. The van der Waals surface area contributed by atoms with Crippen LogP contribution in [-0.2, 0) is 19.8 Å². The van der Waals surface area contributed by atoms with Crippen LogP contribution in [-0.4, -0.2) is 66.5 Å². The number of rotatable bonds is 5. The fourth-order valence-corrected chi connectivity index (χ4v) is 4.99. The minimum atomic E-state index is -1.28. The fourth-order valence-electron chi connectivity index (χ4n) is 4.67. The van der Waals surface area contributed by atoms with Gasteiger partial charge in [-0.15, -0.1) is 0 Å². The van der Waals surface area contributed by atoms with Crippen LogP contribution in [0.5, 0.6) is 0 Å². The fraction of sp³-hybridized carbons (Fsp3) is 0.360. The van der Waals surface area contributed by atoms with Gasteiger partial charge in [-0.2, -0.15) is 0 Å². The third-order valence-corrected chi connectivity index (χ3v) is 6.98. The van der Waals surface area contributed by atoms with Crippen molar-refractivity contribution in [3.63, 3.8) is 0 Å². The zero-order chi connectivity index (χ0) is 23.8. The molecule has 2 fully saturated rings. The summed E-state index contributed by atoms with van der Waals surface area (Å²) >= 11 is 6.41. The summed E-state index contributed by atoms with van der Waals surface area (Å²) in [5.41, 5.74) is 0.906. The van der Waals surface area contributed by atoms with E-state index in [0.29, 0.717) is 42.3 Å². The van der Waals surface area contributed by atoms with Crippen molar-refractivity contribution in [2.75, 3.05) is 38.1 Å². The largest absolute Gasteiger partial charge is 0.368 e. The molecular formula is C25H26ClN3O4. The maximum Gasteiger partial charge on any atom is 0.240 e. The second-order valence-corrected chi connectivity index (χ2v) is 9.05. The highest BCUT2D eigenvalue weighted by Gasteiger charge is 2.53. The van der Waals surface area contributed by atoms with Gasteiger partial charge in [0.05, 0.1) is 5.41 Å². The number of benzene rings is 2. The van der Waals surface area contributed by atoms with Crippen molar-refractivity contribution in [3.05, 3.63) is 64.7 Å². The lowest BCUT2D eigenvalue weighted by Crippen LogP contribution is -2.51. The topological polar surface area (TPSA) is 78.0 Å². The molecule has 1 unspecified atom stereocenters. The number of halogens is 1. The van der Waals surface area contributed by atoms with Crippen LogP contribution in [0.3, 0.4) is 0 Å². The van der Waals surface area contributed by atoms with E-state index >= 15 is 0 Å². The predicted octanol–water partition coefficient (Wildman–Crippen LogP) is 2.91. The lowest BCUT2D eigenvalue weighted by Gasteiger charge is -2.38. The van der Waals surface area contributed by atoms with Crippen molar-refractivity contribution in [2.24, 2.45) is 0 Å². The van der Waals surface area contributed by atoms with E-state index in [1.54, 1.807) is 29.2 Å². The summed E-state index contributed by atoms with van der Waals surface area (Å²) in [7, 11) is 1.45. The van der Waals surface area contributed by atoms with Crippen LogP contribution in [0, 0.1) is 0 Å². The van der Waals surface area contributed by atoms with Crippen molar-refractivity contribution in [3.8, 4) is 0 Å². The Balaban J connectivity index is 1.49. The number of ketones is 1. The van der Waals surface area contributed by atoms with Crippen molar-refractivity contribution < 1.29 is 19.2 Å². The molecule has 2 aliphatic heterocycles. The number of nitrogens with zero attached hydrogens (tertiary/aromatic N) is 3. The smallest absolute Gasteiger partial charge is 0.240 e. The average Bonchev–Trinajstić information content (AvgIpc) is 3.03. The predicted molar refractivity (Wildman–Crippen MR) is 125 cm³/mol. The van der Waals surface area contributed by atoms with E-state index in [1.165, 1.54) is 14.0 Å². The monoisotopic (exact) mass is 467 g/mol. The van der Waals surface area contributed by atoms with Gasteiger partial charge in [0, 0.05) is 62.3 Å². The Labute approximate surface area is 197 Å². The summed E-state index contributed by atoms with van der Waals surface area (Å²) in [5.74, 6) is -0.849. The van der Waals surface area contributed by atoms with Crippen LogP contribution in [0.15, 0.2) is 48.5 Å². The van der Waals surface area contributed by atoms with Crippen molar-refractivity contribution in [1.82, 2.24) is 9.80 Å². The van der Waals surface area contributed by atoms with Gasteiger partial charge < -0.3 is 9.80 Å². The Morgan fingerprint density at radius 1 is 0.970 bits per heavy atom. The van der Waals surface area contributed by atoms with Gasteiger partial charge in [0.25, 0.3) is 0 Å². The summed E-state index contributed by atoms with van der Waals surface area (Å²) in [6.45, 7) is 3.82. The number of anilines is 1. The Kier molecular flexibility index (Phi) is 6.26. The van der Waals surface area contributed by atoms with Crippen molar-refractivity contribution in [1.29, 1.82) is 0 Å². The lowest BCUT2D eigenvalue weighted by molar-refractivity contribution is -0.141. The van der Waals surface area contributed by atoms with Gasteiger partial charge >= 0.3 is 0 Å². The third kappa shape index (κ3) is 4.25. The van der Waals surface area contributed by atoms with Gasteiger partial charge in [-0.25, -0.2) is 0 Å². The molecule has 0 radical (unpaired) electrons. The van der Waals surface area contributed by atoms with Crippen LogP contribution < -0.4 is 4.90 Å². The van der Waals surface area contributed by atoms with Gasteiger partial charge in [0.15, 0.2) is 5.78 Å². The lowest BCUT2D eigenvalue weighted by atomic mass is 9.75. The molecule has 0 aliphatic carbocycles. The molecule has 0 bridgehead atoms. The van der Waals surface area contributed by atoms with Crippen LogP contribution in [0.1, 0.15) is 35.7 Å². The Bertz CT molecular complexity index is 1110. The molecular weight excluding hydrogens is 442 g/mol. The van der Waals surface area contributed by atoms with Gasteiger partial charge in [0.2, 0.25) is 17.7 Å². The van der Waals surface area contributed by atoms with Gasteiger partial charge in [-0.1, -0.05) is 29.8 Å². The summed E-state index contributed by atoms with van der Waals surface area (Å²) in [6.07, 6.45) is -0.167. The standard InChI is InChI=1S/C25H26ClN3O4/c1-17(30)18-7-9-19(10-8-18)28-11-13-29(14-12-28)23(32)16-25(15-22(31)27(2)24(25)33)20-5-3-4-6-21(20)26/h3-10H,11-16H2,1-2H3. The molecule has 7 nitrogen and oxygen atoms in total. The van der Waals surface area contributed by atoms with Crippen LogP contribution in [0.4, 0.5) is 5.69 Å². The van der Waals surface area contributed by atoms with Gasteiger partial charge in [-0.3, -0.25) is 24.1 Å². The van der Waals surface area contributed by atoms with Crippen molar-refractivity contribution in [2.45, 2.75) is 25.2 Å². The molecule has 33 heavy (non-hydrogen) atoms. The zero-order valence-electron chi connectivity index (χ0n) is 18.7.